The molecule has 1 aromatic heterocycles. The van der Waals surface area contributed by atoms with Crippen molar-refractivity contribution < 1.29 is 13.2 Å². The van der Waals surface area contributed by atoms with Crippen molar-refractivity contribution in [2.45, 2.75) is 18.3 Å². The molecule has 1 saturated heterocycles. The van der Waals surface area contributed by atoms with Gasteiger partial charge in [-0.05, 0) is 18.1 Å². The summed E-state index contributed by atoms with van der Waals surface area (Å²) in [5.74, 6) is 1.17. The summed E-state index contributed by atoms with van der Waals surface area (Å²) >= 11 is 0. The molecule has 0 aliphatic carbocycles. The summed E-state index contributed by atoms with van der Waals surface area (Å²) in [5, 5.41) is 8.10. The molecular weight excluding hydrogens is 340 g/mol. The maximum absolute atomic E-state index is 12.6. The Labute approximate surface area is 148 Å². The van der Waals surface area contributed by atoms with Gasteiger partial charge >= 0.3 is 0 Å². The lowest BCUT2D eigenvalue weighted by atomic mass is 10.2. The van der Waals surface area contributed by atoms with E-state index in [4.69, 9.17) is 4.74 Å². The molecule has 8 heteroatoms. The van der Waals surface area contributed by atoms with Gasteiger partial charge in [-0.25, -0.2) is 8.42 Å². The Morgan fingerprint density at radius 3 is 2.56 bits per heavy atom. The maximum Gasteiger partial charge on any atom is 0.233 e. The lowest BCUT2D eigenvalue weighted by Crippen LogP contribution is -2.32. The molecule has 2 heterocycles. The van der Waals surface area contributed by atoms with Crippen LogP contribution in [-0.2, 0) is 15.8 Å². The molecule has 0 amide bonds. The summed E-state index contributed by atoms with van der Waals surface area (Å²) in [6.07, 6.45) is 0.440. The van der Waals surface area contributed by atoms with Crippen LogP contribution < -0.4 is 9.64 Å². The maximum atomic E-state index is 12.6. The fraction of sp³-hybridized carbons (Fsp3) is 0.412. The standard InChI is InChI=1S/C17H22N4O3S/c1-20(2)16-8-9-17(19-18-16)24-15-10-11-21(12-15)25(22,23)13-14-6-4-3-5-7-14/h3-9,15H,10-13H2,1-2H3. The molecule has 0 N–H and O–H groups in total. The third-order valence-corrected chi connectivity index (χ3v) is 5.88. The molecule has 2 aromatic rings. The van der Waals surface area contributed by atoms with E-state index in [0.717, 1.165) is 11.4 Å². The molecule has 1 unspecified atom stereocenters. The van der Waals surface area contributed by atoms with Crippen LogP contribution in [0.3, 0.4) is 0 Å². The molecular formula is C17H22N4O3S. The number of nitrogens with zero attached hydrogens (tertiary/aromatic N) is 4. The van der Waals surface area contributed by atoms with Gasteiger partial charge in [-0.1, -0.05) is 30.3 Å². The average Bonchev–Trinajstić information content (AvgIpc) is 3.05. The van der Waals surface area contributed by atoms with Crippen molar-refractivity contribution in [3.8, 4) is 5.88 Å². The molecule has 7 nitrogen and oxygen atoms in total. The molecule has 134 valence electrons. The van der Waals surface area contributed by atoms with E-state index in [0.29, 0.717) is 25.4 Å². The minimum atomic E-state index is -3.35. The summed E-state index contributed by atoms with van der Waals surface area (Å²) in [5.41, 5.74) is 0.789. The number of benzene rings is 1. The lowest BCUT2D eigenvalue weighted by molar-refractivity contribution is 0.204. The van der Waals surface area contributed by atoms with E-state index in [2.05, 4.69) is 10.2 Å². The predicted molar refractivity (Wildman–Crippen MR) is 96.0 cm³/mol. The van der Waals surface area contributed by atoms with Gasteiger partial charge < -0.3 is 9.64 Å². The lowest BCUT2D eigenvalue weighted by Gasteiger charge is -2.17. The summed E-state index contributed by atoms with van der Waals surface area (Å²) in [6.45, 7) is 0.801. The third kappa shape index (κ3) is 4.46. The van der Waals surface area contributed by atoms with Gasteiger partial charge in [-0.3, -0.25) is 0 Å². The van der Waals surface area contributed by atoms with Gasteiger partial charge in [0.15, 0.2) is 5.82 Å². The Morgan fingerprint density at radius 2 is 1.92 bits per heavy atom. The van der Waals surface area contributed by atoms with E-state index >= 15 is 0 Å². The van der Waals surface area contributed by atoms with Gasteiger partial charge in [0.1, 0.15) is 6.10 Å². The second-order valence-corrected chi connectivity index (χ2v) is 8.22. The van der Waals surface area contributed by atoms with Gasteiger partial charge in [0.2, 0.25) is 15.9 Å². The molecule has 1 aliphatic heterocycles. The number of sulfonamides is 1. The fourth-order valence-corrected chi connectivity index (χ4v) is 4.28. The van der Waals surface area contributed by atoms with Crippen molar-refractivity contribution in [2.75, 3.05) is 32.1 Å². The first-order valence-electron chi connectivity index (χ1n) is 8.13. The second-order valence-electron chi connectivity index (χ2n) is 6.25. The van der Waals surface area contributed by atoms with Gasteiger partial charge in [-0.2, -0.15) is 4.31 Å². The quantitative estimate of drug-likeness (QED) is 0.776. The van der Waals surface area contributed by atoms with Crippen molar-refractivity contribution in [2.24, 2.45) is 0 Å². The minimum Gasteiger partial charge on any atom is -0.472 e. The van der Waals surface area contributed by atoms with Gasteiger partial charge in [0.05, 0.1) is 12.3 Å². The predicted octanol–water partition coefficient (Wildman–Crippen LogP) is 1.53. The number of aromatic nitrogens is 2. The van der Waals surface area contributed by atoms with E-state index in [1.54, 1.807) is 6.07 Å². The minimum absolute atomic E-state index is 0.0118. The van der Waals surface area contributed by atoms with Crippen LogP contribution in [0.1, 0.15) is 12.0 Å². The number of rotatable bonds is 6. The summed E-state index contributed by atoms with van der Waals surface area (Å²) in [4.78, 5) is 1.85. The topological polar surface area (TPSA) is 75.6 Å². The molecule has 1 aliphatic rings. The highest BCUT2D eigenvalue weighted by Crippen LogP contribution is 2.21. The Morgan fingerprint density at radius 1 is 1.16 bits per heavy atom. The van der Waals surface area contributed by atoms with Gasteiger partial charge in [-0.15, -0.1) is 10.2 Å². The SMILES string of the molecule is CN(C)c1ccc(OC2CCN(S(=O)(=O)Cc3ccccc3)C2)nn1. The van der Waals surface area contributed by atoms with E-state index < -0.39 is 10.0 Å². The molecule has 3 rings (SSSR count). The van der Waals surface area contributed by atoms with Crippen LogP contribution in [-0.4, -0.2) is 56.2 Å². The van der Waals surface area contributed by atoms with Crippen LogP contribution >= 0.6 is 0 Å². The number of hydrogen-bond acceptors (Lipinski definition) is 6. The molecule has 0 spiro atoms. The van der Waals surface area contributed by atoms with Crippen molar-refractivity contribution in [3.63, 3.8) is 0 Å². The highest BCUT2D eigenvalue weighted by molar-refractivity contribution is 7.88. The first-order valence-corrected chi connectivity index (χ1v) is 9.74. The van der Waals surface area contributed by atoms with Crippen LogP contribution in [0.5, 0.6) is 5.88 Å². The summed E-state index contributed by atoms with van der Waals surface area (Å²) in [6, 6.07) is 12.8. The molecule has 1 aromatic carbocycles. The molecule has 0 bridgehead atoms. The number of anilines is 1. The van der Waals surface area contributed by atoms with E-state index in [9.17, 15) is 8.42 Å². The Kier molecular flexibility index (Phi) is 5.19. The van der Waals surface area contributed by atoms with Gasteiger partial charge in [0.25, 0.3) is 0 Å². The first-order chi connectivity index (χ1) is 11.9. The second kappa shape index (κ2) is 7.37. The largest absolute Gasteiger partial charge is 0.472 e. The van der Waals surface area contributed by atoms with Crippen LogP contribution in [0.2, 0.25) is 0 Å². The zero-order valence-corrected chi connectivity index (χ0v) is 15.2. The summed E-state index contributed by atoms with van der Waals surface area (Å²) < 4.78 is 32.4. The van der Waals surface area contributed by atoms with Crippen molar-refractivity contribution >= 4 is 15.8 Å². The first kappa shape index (κ1) is 17.6. The van der Waals surface area contributed by atoms with Crippen LogP contribution in [0.4, 0.5) is 5.82 Å². The smallest absolute Gasteiger partial charge is 0.233 e. The van der Waals surface area contributed by atoms with Crippen molar-refractivity contribution in [1.82, 2.24) is 14.5 Å². The third-order valence-electron chi connectivity index (χ3n) is 4.06. The number of hydrogen-bond donors (Lipinski definition) is 0. The Hall–Kier alpha value is -2.19. The Bertz CT molecular complexity index is 794. The van der Waals surface area contributed by atoms with E-state index in [1.807, 2.05) is 55.4 Å². The van der Waals surface area contributed by atoms with Crippen LogP contribution in [0.15, 0.2) is 42.5 Å². The molecule has 1 atom stereocenters. The van der Waals surface area contributed by atoms with Gasteiger partial charge in [0, 0.05) is 26.7 Å². The average molecular weight is 362 g/mol. The normalized spacial score (nSPS) is 18.2. The van der Waals surface area contributed by atoms with E-state index in [-0.39, 0.29) is 11.9 Å². The zero-order valence-electron chi connectivity index (χ0n) is 14.4. The fourth-order valence-electron chi connectivity index (χ4n) is 2.71. The number of ether oxygens (including phenoxy) is 1. The van der Waals surface area contributed by atoms with Crippen molar-refractivity contribution in [1.29, 1.82) is 0 Å². The van der Waals surface area contributed by atoms with Crippen molar-refractivity contribution in [3.05, 3.63) is 48.0 Å². The summed E-state index contributed by atoms with van der Waals surface area (Å²) in [7, 11) is 0.426. The monoisotopic (exact) mass is 362 g/mol. The molecule has 25 heavy (non-hydrogen) atoms. The van der Waals surface area contributed by atoms with Crippen LogP contribution in [0.25, 0.3) is 0 Å². The molecule has 0 saturated carbocycles. The highest BCUT2D eigenvalue weighted by Gasteiger charge is 2.32. The highest BCUT2D eigenvalue weighted by atomic mass is 32.2. The molecule has 0 radical (unpaired) electrons. The van der Waals surface area contributed by atoms with E-state index in [1.165, 1.54) is 4.31 Å². The van der Waals surface area contributed by atoms with Crippen LogP contribution in [0, 0.1) is 0 Å². The zero-order chi connectivity index (χ0) is 17.9. The molecule has 1 fully saturated rings. The Balaban J connectivity index is 1.59.